The molecule has 0 aliphatic carbocycles. The minimum Gasteiger partial charge on any atom is -0.496 e. The third kappa shape index (κ3) is 2.78. The van der Waals surface area contributed by atoms with Gasteiger partial charge in [0.1, 0.15) is 5.75 Å². The summed E-state index contributed by atoms with van der Waals surface area (Å²) in [6.07, 6.45) is 4.58. The third-order valence-corrected chi connectivity index (χ3v) is 3.63. The van der Waals surface area contributed by atoms with Crippen LogP contribution in [0.1, 0.15) is 44.3 Å². The molecule has 1 saturated heterocycles. The van der Waals surface area contributed by atoms with Gasteiger partial charge in [0.2, 0.25) is 0 Å². The molecule has 1 fully saturated rings. The summed E-state index contributed by atoms with van der Waals surface area (Å²) in [5.41, 5.74) is 2.05. The minimum absolute atomic E-state index is 0.501. The van der Waals surface area contributed by atoms with Gasteiger partial charge in [0.25, 0.3) is 0 Å². The number of aliphatic hydroxyl groups excluding tert-OH is 1. The van der Waals surface area contributed by atoms with Crippen LogP contribution in [0.25, 0.3) is 0 Å². The largest absolute Gasteiger partial charge is 0.496 e. The lowest BCUT2D eigenvalue weighted by molar-refractivity contribution is 0.194. The summed E-state index contributed by atoms with van der Waals surface area (Å²) in [5.74, 6) is 0.784. The maximum absolute atomic E-state index is 10.0. The van der Waals surface area contributed by atoms with E-state index in [0.717, 1.165) is 30.1 Å². The fourth-order valence-corrected chi connectivity index (χ4v) is 2.72. The molecule has 0 bridgehead atoms. The Kier molecular flexibility index (Phi) is 4.48. The molecule has 1 heterocycles. The molecule has 1 aromatic rings. The highest BCUT2D eigenvalue weighted by atomic mass is 16.5. The van der Waals surface area contributed by atoms with Crippen LogP contribution in [0, 0.1) is 0 Å². The zero-order valence-electron chi connectivity index (χ0n) is 11.4. The van der Waals surface area contributed by atoms with Crippen molar-refractivity contribution in [1.29, 1.82) is 0 Å². The van der Waals surface area contributed by atoms with Gasteiger partial charge in [-0.1, -0.05) is 18.9 Å². The van der Waals surface area contributed by atoms with Crippen molar-refractivity contribution in [1.82, 2.24) is 0 Å². The van der Waals surface area contributed by atoms with Crippen molar-refractivity contribution in [3.05, 3.63) is 23.8 Å². The van der Waals surface area contributed by atoms with Gasteiger partial charge in [0.15, 0.2) is 0 Å². The van der Waals surface area contributed by atoms with E-state index >= 15 is 0 Å². The van der Waals surface area contributed by atoms with Crippen LogP contribution in [-0.4, -0.2) is 25.3 Å². The van der Waals surface area contributed by atoms with E-state index in [9.17, 15) is 5.11 Å². The van der Waals surface area contributed by atoms with Gasteiger partial charge >= 0.3 is 0 Å². The molecule has 0 radical (unpaired) electrons. The average Bonchev–Trinajstić information content (AvgIpc) is 2.66. The van der Waals surface area contributed by atoms with E-state index in [1.807, 2.05) is 12.1 Å². The highest BCUT2D eigenvalue weighted by Gasteiger charge is 2.19. The minimum atomic E-state index is -0.501. The molecule has 100 valence electrons. The summed E-state index contributed by atoms with van der Waals surface area (Å²) < 4.78 is 5.38. The number of methoxy groups -OCH3 is 1. The molecule has 1 atom stereocenters. The van der Waals surface area contributed by atoms with Crippen LogP contribution in [0.2, 0.25) is 0 Å². The quantitative estimate of drug-likeness (QED) is 0.893. The van der Waals surface area contributed by atoms with Gasteiger partial charge in [-0.2, -0.15) is 0 Å². The fourth-order valence-electron chi connectivity index (χ4n) is 2.72. The molecule has 3 heteroatoms. The Balaban J connectivity index is 2.35. The molecule has 2 rings (SSSR count). The summed E-state index contributed by atoms with van der Waals surface area (Å²) >= 11 is 0. The van der Waals surface area contributed by atoms with Gasteiger partial charge in [0, 0.05) is 24.3 Å². The smallest absolute Gasteiger partial charge is 0.126 e. The van der Waals surface area contributed by atoms with Crippen molar-refractivity contribution >= 4 is 5.69 Å². The Bertz CT molecular complexity index is 382. The first kappa shape index (κ1) is 13.2. The zero-order valence-corrected chi connectivity index (χ0v) is 11.4. The molecule has 1 aromatic carbocycles. The normalized spacial score (nSPS) is 18.3. The van der Waals surface area contributed by atoms with E-state index < -0.39 is 6.10 Å². The number of hydrogen-bond acceptors (Lipinski definition) is 3. The summed E-state index contributed by atoms with van der Waals surface area (Å²) in [4.78, 5) is 2.39. The molecule has 3 nitrogen and oxygen atoms in total. The number of anilines is 1. The van der Waals surface area contributed by atoms with Gasteiger partial charge in [-0.25, -0.2) is 0 Å². The van der Waals surface area contributed by atoms with Crippen LogP contribution in [-0.2, 0) is 0 Å². The van der Waals surface area contributed by atoms with Crippen LogP contribution in [0.4, 0.5) is 5.69 Å². The van der Waals surface area contributed by atoms with E-state index in [0.29, 0.717) is 0 Å². The Morgan fingerprint density at radius 3 is 2.39 bits per heavy atom. The molecule has 18 heavy (non-hydrogen) atoms. The average molecular weight is 249 g/mol. The fraction of sp³-hybridized carbons (Fsp3) is 0.600. The number of rotatable bonds is 3. The maximum Gasteiger partial charge on any atom is 0.126 e. The van der Waals surface area contributed by atoms with Crippen LogP contribution in [0.5, 0.6) is 5.75 Å². The first-order chi connectivity index (χ1) is 8.74. The second-order valence-electron chi connectivity index (χ2n) is 4.97. The molecule has 1 aliphatic rings. The number of aliphatic hydroxyl groups is 1. The van der Waals surface area contributed by atoms with Crippen molar-refractivity contribution in [2.45, 2.75) is 38.7 Å². The first-order valence-corrected chi connectivity index (χ1v) is 6.84. The number of ether oxygens (including phenoxy) is 1. The Morgan fingerprint density at radius 2 is 1.83 bits per heavy atom. The summed E-state index contributed by atoms with van der Waals surface area (Å²) in [6.45, 7) is 3.96. The van der Waals surface area contributed by atoms with E-state index in [2.05, 4.69) is 11.0 Å². The second kappa shape index (κ2) is 6.10. The Labute approximate surface area is 109 Å². The Hall–Kier alpha value is -1.22. The molecule has 1 aliphatic heterocycles. The molecular formula is C15H23NO2. The van der Waals surface area contributed by atoms with Crippen LogP contribution < -0.4 is 9.64 Å². The van der Waals surface area contributed by atoms with Crippen molar-refractivity contribution in [2.75, 3.05) is 25.1 Å². The highest BCUT2D eigenvalue weighted by molar-refractivity contribution is 5.60. The Morgan fingerprint density at radius 1 is 1.17 bits per heavy atom. The second-order valence-corrected chi connectivity index (χ2v) is 4.97. The third-order valence-electron chi connectivity index (χ3n) is 3.63. The van der Waals surface area contributed by atoms with Gasteiger partial charge in [-0.05, 0) is 31.9 Å². The summed E-state index contributed by atoms with van der Waals surface area (Å²) in [6, 6.07) is 6.02. The predicted molar refractivity (Wildman–Crippen MR) is 74.3 cm³/mol. The van der Waals surface area contributed by atoms with Gasteiger partial charge in [0.05, 0.1) is 13.2 Å². The standard InChI is InChI=1S/C15H23NO2/c1-12(17)15-13(8-7-9-14(15)18-2)16-10-5-3-4-6-11-16/h7-9,12,17H,3-6,10-11H2,1-2H3/t12-/m0/s1. The maximum atomic E-state index is 10.0. The summed E-state index contributed by atoms with van der Waals surface area (Å²) in [7, 11) is 1.66. The molecule has 0 spiro atoms. The highest BCUT2D eigenvalue weighted by Crippen LogP contribution is 2.35. The lowest BCUT2D eigenvalue weighted by Crippen LogP contribution is -2.25. The van der Waals surface area contributed by atoms with Crippen molar-refractivity contribution < 1.29 is 9.84 Å². The molecule has 1 N–H and O–H groups in total. The van der Waals surface area contributed by atoms with E-state index in [-0.39, 0.29) is 0 Å². The predicted octanol–water partition coefficient (Wildman–Crippen LogP) is 3.13. The van der Waals surface area contributed by atoms with E-state index in [1.165, 1.54) is 25.7 Å². The number of hydrogen-bond donors (Lipinski definition) is 1. The molecule has 0 unspecified atom stereocenters. The van der Waals surface area contributed by atoms with E-state index in [4.69, 9.17) is 4.74 Å². The van der Waals surface area contributed by atoms with Crippen molar-refractivity contribution in [2.24, 2.45) is 0 Å². The van der Waals surface area contributed by atoms with Crippen molar-refractivity contribution in [3.8, 4) is 5.75 Å². The van der Waals surface area contributed by atoms with Gasteiger partial charge in [-0.15, -0.1) is 0 Å². The van der Waals surface area contributed by atoms with Crippen LogP contribution in [0.15, 0.2) is 18.2 Å². The van der Waals surface area contributed by atoms with Gasteiger partial charge in [-0.3, -0.25) is 0 Å². The van der Waals surface area contributed by atoms with Gasteiger partial charge < -0.3 is 14.7 Å². The van der Waals surface area contributed by atoms with Crippen LogP contribution in [0.3, 0.4) is 0 Å². The van der Waals surface area contributed by atoms with E-state index in [1.54, 1.807) is 14.0 Å². The lowest BCUT2D eigenvalue weighted by atomic mass is 10.1. The molecule has 0 aromatic heterocycles. The summed E-state index contributed by atoms with van der Waals surface area (Å²) in [5, 5.41) is 10.0. The molecule has 0 amide bonds. The lowest BCUT2D eigenvalue weighted by Gasteiger charge is -2.27. The monoisotopic (exact) mass is 249 g/mol. The SMILES string of the molecule is COc1cccc(N2CCCCCC2)c1[C@H](C)O. The molecule has 0 saturated carbocycles. The molecular weight excluding hydrogens is 226 g/mol. The number of benzene rings is 1. The topological polar surface area (TPSA) is 32.7 Å². The first-order valence-electron chi connectivity index (χ1n) is 6.84. The van der Waals surface area contributed by atoms with Crippen molar-refractivity contribution in [3.63, 3.8) is 0 Å². The van der Waals surface area contributed by atoms with Crippen LogP contribution >= 0.6 is 0 Å². The zero-order chi connectivity index (χ0) is 13.0. The number of nitrogens with zero attached hydrogens (tertiary/aromatic N) is 1.